The summed E-state index contributed by atoms with van der Waals surface area (Å²) in [7, 11) is 0. The first kappa shape index (κ1) is 16.1. The van der Waals surface area contributed by atoms with Crippen molar-refractivity contribution in [3.8, 4) is 0 Å². The molecular formula is C17H23F2N3O2. The van der Waals surface area contributed by atoms with Gasteiger partial charge in [-0.2, -0.15) is 0 Å². The third-order valence-electron chi connectivity index (χ3n) is 5.48. The van der Waals surface area contributed by atoms with E-state index in [1.807, 2.05) is 9.80 Å². The molecule has 0 aliphatic carbocycles. The fraction of sp³-hybridized carbons (Fsp3) is 0.647. The number of anilines is 2. The summed E-state index contributed by atoms with van der Waals surface area (Å²) < 4.78 is 40.0. The number of piperidine rings is 1. The highest BCUT2D eigenvalue weighted by atomic mass is 19.1. The third kappa shape index (κ3) is 2.74. The molecule has 3 aliphatic rings. The molecule has 0 saturated carbocycles. The van der Waals surface area contributed by atoms with Crippen molar-refractivity contribution in [3.05, 3.63) is 23.8 Å². The van der Waals surface area contributed by atoms with Gasteiger partial charge in [0.1, 0.15) is 12.4 Å². The van der Waals surface area contributed by atoms with E-state index in [4.69, 9.17) is 15.2 Å². The van der Waals surface area contributed by atoms with Gasteiger partial charge >= 0.3 is 0 Å². The zero-order chi connectivity index (χ0) is 16.7. The van der Waals surface area contributed by atoms with Crippen molar-refractivity contribution >= 4 is 11.4 Å². The van der Waals surface area contributed by atoms with Crippen molar-refractivity contribution in [2.24, 2.45) is 11.1 Å². The van der Waals surface area contributed by atoms with Crippen LogP contribution in [0, 0.1) is 17.0 Å². The van der Waals surface area contributed by atoms with Gasteiger partial charge in [0.25, 0.3) is 0 Å². The molecule has 2 N–H and O–H groups in total. The molecule has 1 atom stereocenters. The van der Waals surface area contributed by atoms with Crippen molar-refractivity contribution in [1.29, 1.82) is 0 Å². The second kappa shape index (κ2) is 6.13. The van der Waals surface area contributed by atoms with Gasteiger partial charge in [0, 0.05) is 37.3 Å². The first-order valence-electron chi connectivity index (χ1n) is 8.49. The van der Waals surface area contributed by atoms with Gasteiger partial charge in [-0.15, -0.1) is 0 Å². The number of hydrogen-bond acceptors (Lipinski definition) is 5. The van der Waals surface area contributed by atoms with Gasteiger partial charge in [-0.1, -0.05) is 0 Å². The monoisotopic (exact) mass is 339 g/mol. The van der Waals surface area contributed by atoms with E-state index in [9.17, 15) is 8.78 Å². The summed E-state index contributed by atoms with van der Waals surface area (Å²) in [6.07, 6.45) is 1.76. The zero-order valence-electron chi connectivity index (χ0n) is 13.6. The van der Waals surface area contributed by atoms with Gasteiger partial charge < -0.3 is 25.0 Å². The highest BCUT2D eigenvalue weighted by molar-refractivity contribution is 5.59. The number of benzene rings is 1. The van der Waals surface area contributed by atoms with Crippen LogP contribution in [0.4, 0.5) is 20.2 Å². The Bertz CT molecular complexity index is 591. The van der Waals surface area contributed by atoms with Gasteiger partial charge in [0.05, 0.1) is 19.3 Å². The van der Waals surface area contributed by atoms with Crippen LogP contribution in [0.5, 0.6) is 0 Å². The van der Waals surface area contributed by atoms with E-state index >= 15 is 0 Å². The van der Waals surface area contributed by atoms with Gasteiger partial charge in [-0.25, -0.2) is 8.78 Å². The molecule has 3 saturated heterocycles. The molecule has 3 fully saturated rings. The van der Waals surface area contributed by atoms with Crippen LogP contribution in [-0.2, 0) is 9.47 Å². The molecule has 24 heavy (non-hydrogen) atoms. The SMILES string of the molecule is NC[C@H]1CN(c2cc(F)c(N3CCC4(CC3)COC4)c(F)c2)CO1. The normalized spacial score (nSPS) is 26.0. The number of ether oxygens (including phenoxy) is 2. The van der Waals surface area contributed by atoms with Gasteiger partial charge in [-0.05, 0) is 25.0 Å². The maximum atomic E-state index is 14.6. The topological polar surface area (TPSA) is 51.0 Å². The maximum Gasteiger partial charge on any atom is 0.151 e. The minimum Gasteiger partial charge on any atom is -0.380 e. The second-order valence-electron chi connectivity index (χ2n) is 7.11. The minimum atomic E-state index is -0.512. The lowest BCUT2D eigenvalue weighted by Crippen LogP contribution is -2.51. The van der Waals surface area contributed by atoms with Crippen LogP contribution >= 0.6 is 0 Å². The number of nitrogens with two attached hydrogens (primary N) is 1. The number of hydrogen-bond donors (Lipinski definition) is 1. The van der Waals surface area contributed by atoms with E-state index in [0.717, 1.165) is 26.1 Å². The van der Waals surface area contributed by atoms with E-state index in [0.29, 0.717) is 38.6 Å². The lowest BCUT2D eigenvalue weighted by atomic mass is 9.77. The molecule has 0 bridgehead atoms. The number of halogens is 2. The van der Waals surface area contributed by atoms with Gasteiger partial charge in [0.15, 0.2) is 11.6 Å². The standard InChI is InChI=1S/C17H23F2N3O2/c18-14-5-12(22-8-13(7-20)24-11-22)6-15(19)16(14)21-3-1-17(2-4-21)9-23-10-17/h5-6,13H,1-4,7-11,20H2/t13-/m0/s1. The van der Waals surface area contributed by atoms with Crippen LogP contribution in [0.15, 0.2) is 12.1 Å². The Morgan fingerprint density at radius 1 is 1.12 bits per heavy atom. The predicted molar refractivity (Wildman–Crippen MR) is 87.2 cm³/mol. The van der Waals surface area contributed by atoms with E-state index in [2.05, 4.69) is 0 Å². The fourth-order valence-corrected chi connectivity index (χ4v) is 3.79. The van der Waals surface area contributed by atoms with Crippen LogP contribution < -0.4 is 15.5 Å². The Labute approximate surface area is 140 Å². The summed E-state index contributed by atoms with van der Waals surface area (Å²) >= 11 is 0. The molecule has 1 aromatic carbocycles. The second-order valence-corrected chi connectivity index (χ2v) is 7.11. The molecule has 7 heteroatoms. The maximum absolute atomic E-state index is 14.6. The van der Waals surface area contributed by atoms with Crippen LogP contribution in [-0.4, -0.2) is 52.2 Å². The Balaban J connectivity index is 1.50. The molecule has 132 valence electrons. The summed E-state index contributed by atoms with van der Waals surface area (Å²) in [4.78, 5) is 3.63. The van der Waals surface area contributed by atoms with Crippen molar-refractivity contribution in [2.75, 3.05) is 55.9 Å². The van der Waals surface area contributed by atoms with E-state index in [1.165, 1.54) is 12.1 Å². The van der Waals surface area contributed by atoms with E-state index < -0.39 is 11.6 Å². The summed E-state index contributed by atoms with van der Waals surface area (Å²) in [5, 5.41) is 0. The molecule has 4 rings (SSSR count). The Morgan fingerprint density at radius 3 is 2.29 bits per heavy atom. The van der Waals surface area contributed by atoms with Crippen molar-refractivity contribution < 1.29 is 18.3 Å². The summed E-state index contributed by atoms with van der Waals surface area (Å²) in [6, 6.07) is 2.80. The summed E-state index contributed by atoms with van der Waals surface area (Å²) in [5.41, 5.74) is 6.41. The van der Waals surface area contributed by atoms with Crippen LogP contribution in [0.1, 0.15) is 12.8 Å². The molecule has 0 aromatic heterocycles. The fourth-order valence-electron chi connectivity index (χ4n) is 3.79. The van der Waals surface area contributed by atoms with Crippen molar-refractivity contribution in [3.63, 3.8) is 0 Å². The van der Waals surface area contributed by atoms with Crippen LogP contribution in [0.3, 0.4) is 0 Å². The van der Waals surface area contributed by atoms with Crippen LogP contribution in [0.2, 0.25) is 0 Å². The summed E-state index contributed by atoms with van der Waals surface area (Å²) in [6.45, 7) is 4.16. The van der Waals surface area contributed by atoms with Crippen LogP contribution in [0.25, 0.3) is 0 Å². The minimum absolute atomic E-state index is 0.0845. The average molecular weight is 339 g/mol. The third-order valence-corrected chi connectivity index (χ3v) is 5.48. The quantitative estimate of drug-likeness (QED) is 0.908. The Kier molecular flexibility index (Phi) is 4.10. The van der Waals surface area contributed by atoms with Gasteiger partial charge in [-0.3, -0.25) is 0 Å². The molecule has 1 aromatic rings. The first-order valence-corrected chi connectivity index (χ1v) is 8.49. The highest BCUT2D eigenvalue weighted by Crippen LogP contribution is 2.41. The number of rotatable bonds is 3. The number of nitrogens with zero attached hydrogens (tertiary/aromatic N) is 2. The largest absolute Gasteiger partial charge is 0.380 e. The highest BCUT2D eigenvalue weighted by Gasteiger charge is 2.42. The van der Waals surface area contributed by atoms with E-state index in [1.54, 1.807) is 0 Å². The molecule has 5 nitrogen and oxygen atoms in total. The van der Waals surface area contributed by atoms with Gasteiger partial charge in [0.2, 0.25) is 0 Å². The molecule has 1 spiro atoms. The first-order chi connectivity index (χ1) is 11.6. The molecule has 3 aliphatic heterocycles. The van der Waals surface area contributed by atoms with E-state index in [-0.39, 0.29) is 17.2 Å². The zero-order valence-corrected chi connectivity index (χ0v) is 13.6. The predicted octanol–water partition coefficient (Wildman–Crippen LogP) is 1.70. The summed E-state index contributed by atoms with van der Waals surface area (Å²) in [5.74, 6) is -1.02. The Morgan fingerprint density at radius 2 is 1.79 bits per heavy atom. The Hall–Kier alpha value is -1.44. The molecular weight excluding hydrogens is 316 g/mol. The average Bonchev–Trinajstić information content (AvgIpc) is 3.02. The smallest absolute Gasteiger partial charge is 0.151 e. The molecule has 3 heterocycles. The lowest BCUT2D eigenvalue weighted by molar-refractivity contribution is -0.124. The molecule has 0 amide bonds. The van der Waals surface area contributed by atoms with Crippen molar-refractivity contribution in [2.45, 2.75) is 18.9 Å². The van der Waals surface area contributed by atoms with Crippen molar-refractivity contribution in [1.82, 2.24) is 0 Å². The lowest BCUT2D eigenvalue weighted by Gasteiger charge is -2.47. The molecule has 0 radical (unpaired) electrons. The molecule has 0 unspecified atom stereocenters.